The average molecular weight is 377 g/mol. The fraction of sp³-hybridized carbons (Fsp3) is 0.0500. The van der Waals surface area contributed by atoms with Crippen molar-refractivity contribution in [1.82, 2.24) is 10.3 Å². The second-order valence-electron chi connectivity index (χ2n) is 5.79. The molecule has 0 spiro atoms. The Balaban J connectivity index is 1.40. The van der Waals surface area contributed by atoms with Crippen LogP contribution < -0.4 is 20.1 Å². The van der Waals surface area contributed by atoms with Crippen LogP contribution in [0.5, 0.6) is 11.5 Å². The minimum atomic E-state index is -0.478. The summed E-state index contributed by atoms with van der Waals surface area (Å²) in [5.74, 6) is 0.931. The molecule has 6 nitrogen and oxygen atoms in total. The standard InChI is InChI=1S/C20H15N3O3S/c24-18(14-7-4-10-21-12-14)23-20(27)22-15-8-9-16-17(11-15)26-19(25-16)13-5-2-1-3-6-13/h1-12,19H,(H2,22,23,24,27). The molecule has 2 aromatic carbocycles. The molecule has 0 saturated heterocycles. The van der Waals surface area contributed by atoms with Gasteiger partial charge in [0.25, 0.3) is 12.2 Å². The molecule has 0 bridgehead atoms. The minimum Gasteiger partial charge on any atom is -0.447 e. The summed E-state index contributed by atoms with van der Waals surface area (Å²) in [6.07, 6.45) is 2.60. The van der Waals surface area contributed by atoms with E-state index in [1.54, 1.807) is 36.5 Å². The molecule has 3 aromatic rings. The van der Waals surface area contributed by atoms with Crippen LogP contribution in [0.25, 0.3) is 0 Å². The Hall–Kier alpha value is -3.45. The number of amides is 1. The van der Waals surface area contributed by atoms with Crippen molar-refractivity contribution < 1.29 is 14.3 Å². The molecule has 0 aliphatic carbocycles. The van der Waals surface area contributed by atoms with Crippen molar-refractivity contribution in [2.24, 2.45) is 0 Å². The summed E-state index contributed by atoms with van der Waals surface area (Å²) in [7, 11) is 0. The Morgan fingerprint density at radius 1 is 1.00 bits per heavy atom. The minimum absolute atomic E-state index is 0.183. The van der Waals surface area contributed by atoms with Crippen LogP contribution in [-0.4, -0.2) is 16.0 Å². The van der Waals surface area contributed by atoms with E-state index in [9.17, 15) is 4.79 Å². The molecule has 1 aliphatic heterocycles. The number of anilines is 1. The molecule has 7 heteroatoms. The third-order valence-electron chi connectivity index (χ3n) is 3.89. The number of hydrogen-bond donors (Lipinski definition) is 2. The summed E-state index contributed by atoms with van der Waals surface area (Å²) in [6.45, 7) is 0. The third kappa shape index (κ3) is 3.88. The van der Waals surface area contributed by atoms with Crippen LogP contribution in [0.2, 0.25) is 0 Å². The Kier molecular flexibility index (Phi) is 4.67. The predicted molar refractivity (Wildman–Crippen MR) is 105 cm³/mol. The zero-order chi connectivity index (χ0) is 18.6. The Bertz CT molecular complexity index is 980. The fourth-order valence-corrected chi connectivity index (χ4v) is 2.82. The molecule has 2 heterocycles. The number of rotatable bonds is 3. The molecule has 27 heavy (non-hydrogen) atoms. The lowest BCUT2D eigenvalue weighted by Crippen LogP contribution is -2.34. The zero-order valence-corrected chi connectivity index (χ0v) is 14.9. The van der Waals surface area contributed by atoms with E-state index in [-0.39, 0.29) is 11.0 Å². The van der Waals surface area contributed by atoms with Gasteiger partial charge in [-0.2, -0.15) is 0 Å². The summed E-state index contributed by atoms with van der Waals surface area (Å²) >= 11 is 5.20. The number of ether oxygens (including phenoxy) is 2. The fourth-order valence-electron chi connectivity index (χ4n) is 2.61. The second-order valence-corrected chi connectivity index (χ2v) is 6.20. The summed E-state index contributed by atoms with van der Waals surface area (Å²) in [4.78, 5) is 16.0. The van der Waals surface area contributed by atoms with Crippen LogP contribution in [0.1, 0.15) is 22.2 Å². The highest BCUT2D eigenvalue weighted by Crippen LogP contribution is 2.41. The molecule has 4 rings (SSSR count). The molecule has 1 aliphatic rings. The molecule has 134 valence electrons. The van der Waals surface area contributed by atoms with E-state index in [4.69, 9.17) is 21.7 Å². The van der Waals surface area contributed by atoms with Crippen LogP contribution >= 0.6 is 12.2 Å². The molecule has 1 atom stereocenters. The van der Waals surface area contributed by atoms with Crippen molar-refractivity contribution in [1.29, 1.82) is 0 Å². The van der Waals surface area contributed by atoms with E-state index in [1.807, 2.05) is 30.3 Å². The van der Waals surface area contributed by atoms with E-state index in [0.29, 0.717) is 22.7 Å². The van der Waals surface area contributed by atoms with Gasteiger partial charge in [0.2, 0.25) is 0 Å². The number of pyridine rings is 1. The van der Waals surface area contributed by atoms with Crippen LogP contribution in [0.3, 0.4) is 0 Å². The quantitative estimate of drug-likeness (QED) is 0.679. The average Bonchev–Trinajstić information content (AvgIpc) is 3.12. The molecule has 1 unspecified atom stereocenters. The molecule has 2 N–H and O–H groups in total. The van der Waals surface area contributed by atoms with Gasteiger partial charge in [-0.05, 0) is 36.5 Å². The van der Waals surface area contributed by atoms with Crippen molar-refractivity contribution in [3.63, 3.8) is 0 Å². The highest BCUT2D eigenvalue weighted by Gasteiger charge is 2.25. The highest BCUT2D eigenvalue weighted by atomic mass is 32.1. The molecule has 1 aromatic heterocycles. The van der Waals surface area contributed by atoms with Gasteiger partial charge in [-0.25, -0.2) is 0 Å². The van der Waals surface area contributed by atoms with E-state index in [1.165, 1.54) is 6.20 Å². The Labute approximate surface area is 161 Å². The first kappa shape index (κ1) is 17.0. The molecule has 0 radical (unpaired) electrons. The lowest BCUT2D eigenvalue weighted by molar-refractivity contribution is 0.0487. The van der Waals surface area contributed by atoms with E-state index in [0.717, 1.165) is 5.56 Å². The van der Waals surface area contributed by atoms with Gasteiger partial charge in [0.1, 0.15) is 0 Å². The van der Waals surface area contributed by atoms with Crippen LogP contribution in [0.15, 0.2) is 73.1 Å². The molecular formula is C20H15N3O3S. The number of carbonyl (C=O) groups is 1. The third-order valence-corrected chi connectivity index (χ3v) is 4.10. The molecule has 1 amide bonds. The van der Waals surface area contributed by atoms with E-state index in [2.05, 4.69) is 15.6 Å². The Morgan fingerprint density at radius 2 is 1.81 bits per heavy atom. The number of benzene rings is 2. The topological polar surface area (TPSA) is 72.5 Å². The number of aromatic nitrogens is 1. The molecule has 0 fully saturated rings. The number of thiocarbonyl (C=S) groups is 1. The number of hydrogen-bond acceptors (Lipinski definition) is 5. The SMILES string of the molecule is O=C(NC(=S)Nc1ccc2c(c1)OC(c1ccccc1)O2)c1cccnc1. The van der Waals surface area contributed by atoms with Crippen LogP contribution in [-0.2, 0) is 0 Å². The molecule has 0 saturated carbocycles. The summed E-state index contributed by atoms with van der Waals surface area (Å²) in [5.41, 5.74) is 2.04. The largest absolute Gasteiger partial charge is 0.447 e. The van der Waals surface area contributed by atoms with E-state index < -0.39 is 6.29 Å². The maximum atomic E-state index is 12.1. The van der Waals surface area contributed by atoms with Crippen molar-refractivity contribution >= 4 is 28.9 Å². The number of nitrogens with zero attached hydrogens (tertiary/aromatic N) is 1. The van der Waals surface area contributed by atoms with Gasteiger partial charge in [0.05, 0.1) is 5.56 Å². The van der Waals surface area contributed by atoms with Crippen molar-refractivity contribution in [2.75, 3.05) is 5.32 Å². The number of nitrogens with one attached hydrogen (secondary N) is 2. The van der Waals surface area contributed by atoms with Crippen molar-refractivity contribution in [3.8, 4) is 11.5 Å². The van der Waals surface area contributed by atoms with Crippen LogP contribution in [0, 0.1) is 0 Å². The summed E-state index contributed by atoms with van der Waals surface area (Å²) in [6, 6.07) is 18.4. The van der Waals surface area contributed by atoms with Gasteiger partial charge >= 0.3 is 0 Å². The molecular weight excluding hydrogens is 362 g/mol. The normalized spacial score (nSPS) is 14.4. The highest BCUT2D eigenvalue weighted by molar-refractivity contribution is 7.80. The number of fused-ring (bicyclic) bond motifs is 1. The van der Waals surface area contributed by atoms with Gasteiger partial charge in [0, 0.05) is 29.7 Å². The number of carbonyl (C=O) groups excluding carboxylic acids is 1. The van der Waals surface area contributed by atoms with Gasteiger partial charge in [0.15, 0.2) is 16.6 Å². The van der Waals surface area contributed by atoms with E-state index >= 15 is 0 Å². The van der Waals surface area contributed by atoms with Crippen LogP contribution in [0.4, 0.5) is 5.69 Å². The van der Waals surface area contributed by atoms with Crippen molar-refractivity contribution in [3.05, 3.63) is 84.2 Å². The zero-order valence-electron chi connectivity index (χ0n) is 14.1. The first-order valence-corrected chi connectivity index (χ1v) is 8.64. The van der Waals surface area contributed by atoms with Gasteiger partial charge in [-0.1, -0.05) is 30.3 Å². The van der Waals surface area contributed by atoms with Gasteiger partial charge in [-0.3, -0.25) is 15.1 Å². The van der Waals surface area contributed by atoms with Gasteiger partial charge in [-0.15, -0.1) is 0 Å². The summed E-state index contributed by atoms with van der Waals surface area (Å²) < 4.78 is 11.7. The maximum Gasteiger partial charge on any atom is 0.267 e. The monoisotopic (exact) mass is 377 g/mol. The predicted octanol–water partition coefficient (Wildman–Crippen LogP) is 3.68. The lowest BCUT2D eigenvalue weighted by Gasteiger charge is -2.10. The van der Waals surface area contributed by atoms with Crippen molar-refractivity contribution in [2.45, 2.75) is 6.29 Å². The maximum absolute atomic E-state index is 12.1. The lowest BCUT2D eigenvalue weighted by atomic mass is 10.2. The first-order valence-electron chi connectivity index (χ1n) is 8.24. The Morgan fingerprint density at radius 3 is 2.59 bits per heavy atom. The smallest absolute Gasteiger partial charge is 0.267 e. The summed E-state index contributed by atoms with van der Waals surface area (Å²) in [5, 5.41) is 5.77. The first-order chi connectivity index (χ1) is 13.2. The second kappa shape index (κ2) is 7.43. The van der Waals surface area contributed by atoms with Gasteiger partial charge < -0.3 is 14.8 Å².